The van der Waals surface area contributed by atoms with Crippen molar-refractivity contribution in [3.63, 3.8) is 0 Å². The maximum absolute atomic E-state index is 13.4. The molecule has 3 aromatic rings. The summed E-state index contributed by atoms with van der Waals surface area (Å²) in [5, 5.41) is 6.57. The van der Waals surface area contributed by atoms with E-state index in [0.29, 0.717) is 16.8 Å². The number of pyridine rings is 1. The smallest absolute Gasteiger partial charge is 0.247 e. The predicted octanol–water partition coefficient (Wildman–Crippen LogP) is 2.29. The first-order valence-electron chi connectivity index (χ1n) is 6.04. The number of nitrogens with one attached hydrogen (secondary N) is 2. The van der Waals surface area contributed by atoms with Crippen molar-refractivity contribution in [2.24, 2.45) is 0 Å². The SMILES string of the molecule is Nc1n[nH]c(-c2ccc(=O)[nH]c2)c1-c1cc(F)cc(F)c1. The molecule has 7 heteroatoms. The van der Waals surface area contributed by atoms with E-state index in [2.05, 4.69) is 15.2 Å². The van der Waals surface area contributed by atoms with Gasteiger partial charge in [0.05, 0.1) is 11.3 Å². The van der Waals surface area contributed by atoms with Crippen LogP contribution in [0.1, 0.15) is 0 Å². The van der Waals surface area contributed by atoms with E-state index in [1.807, 2.05) is 0 Å². The van der Waals surface area contributed by atoms with Crippen molar-refractivity contribution in [3.8, 4) is 22.4 Å². The molecule has 4 N–H and O–H groups in total. The molecule has 0 aliphatic carbocycles. The summed E-state index contributed by atoms with van der Waals surface area (Å²) in [7, 11) is 0. The fourth-order valence-corrected chi connectivity index (χ4v) is 2.12. The van der Waals surface area contributed by atoms with Gasteiger partial charge in [0.25, 0.3) is 0 Å². The van der Waals surface area contributed by atoms with Crippen LogP contribution in [-0.2, 0) is 0 Å². The highest BCUT2D eigenvalue weighted by atomic mass is 19.1. The van der Waals surface area contributed by atoms with Gasteiger partial charge in [-0.2, -0.15) is 5.10 Å². The maximum atomic E-state index is 13.4. The lowest BCUT2D eigenvalue weighted by molar-refractivity contribution is 0.584. The number of aromatic nitrogens is 3. The average molecular weight is 288 g/mol. The summed E-state index contributed by atoms with van der Waals surface area (Å²) in [5.74, 6) is -1.31. The van der Waals surface area contributed by atoms with Crippen molar-refractivity contribution in [3.05, 3.63) is 58.5 Å². The fraction of sp³-hybridized carbons (Fsp3) is 0. The quantitative estimate of drug-likeness (QED) is 0.676. The number of anilines is 1. The number of benzene rings is 1. The number of H-pyrrole nitrogens is 2. The highest BCUT2D eigenvalue weighted by molar-refractivity contribution is 5.87. The van der Waals surface area contributed by atoms with Gasteiger partial charge in [0.2, 0.25) is 5.56 Å². The minimum Gasteiger partial charge on any atom is -0.382 e. The van der Waals surface area contributed by atoms with Crippen LogP contribution in [-0.4, -0.2) is 15.2 Å². The fourth-order valence-electron chi connectivity index (χ4n) is 2.12. The van der Waals surface area contributed by atoms with Crippen LogP contribution < -0.4 is 11.3 Å². The van der Waals surface area contributed by atoms with E-state index < -0.39 is 11.6 Å². The first-order chi connectivity index (χ1) is 10.0. The Labute approximate surface area is 117 Å². The molecule has 2 aromatic heterocycles. The Morgan fingerprint density at radius 1 is 1.05 bits per heavy atom. The number of halogens is 2. The molecule has 3 rings (SSSR count). The Balaban J connectivity index is 2.21. The van der Waals surface area contributed by atoms with Crippen molar-refractivity contribution in [2.75, 3.05) is 5.73 Å². The van der Waals surface area contributed by atoms with E-state index in [1.54, 1.807) is 6.07 Å². The molecule has 0 saturated heterocycles. The molecule has 0 bridgehead atoms. The van der Waals surface area contributed by atoms with E-state index in [0.717, 1.165) is 6.07 Å². The molecule has 0 atom stereocenters. The zero-order chi connectivity index (χ0) is 15.0. The van der Waals surface area contributed by atoms with E-state index >= 15 is 0 Å². The van der Waals surface area contributed by atoms with Gasteiger partial charge in [-0.05, 0) is 23.8 Å². The number of aromatic amines is 2. The first kappa shape index (κ1) is 13.0. The lowest BCUT2D eigenvalue weighted by atomic mass is 10.0. The number of rotatable bonds is 2. The Morgan fingerprint density at radius 3 is 2.38 bits per heavy atom. The summed E-state index contributed by atoms with van der Waals surface area (Å²) in [6.07, 6.45) is 1.47. The zero-order valence-electron chi connectivity index (χ0n) is 10.7. The third-order valence-corrected chi connectivity index (χ3v) is 3.02. The first-order valence-corrected chi connectivity index (χ1v) is 6.04. The topological polar surface area (TPSA) is 87.6 Å². The largest absolute Gasteiger partial charge is 0.382 e. The van der Waals surface area contributed by atoms with Crippen LogP contribution in [0.25, 0.3) is 22.4 Å². The normalized spacial score (nSPS) is 10.8. The molecular weight excluding hydrogens is 278 g/mol. The molecule has 21 heavy (non-hydrogen) atoms. The van der Waals surface area contributed by atoms with E-state index in [4.69, 9.17) is 5.73 Å². The van der Waals surface area contributed by atoms with Crippen LogP contribution in [0.4, 0.5) is 14.6 Å². The third-order valence-electron chi connectivity index (χ3n) is 3.02. The number of hydrogen-bond acceptors (Lipinski definition) is 3. The van der Waals surface area contributed by atoms with Crippen LogP contribution in [0, 0.1) is 11.6 Å². The molecule has 0 spiro atoms. The Bertz CT molecular complexity index is 829. The molecule has 2 heterocycles. The van der Waals surface area contributed by atoms with Crippen molar-refractivity contribution in [2.45, 2.75) is 0 Å². The Morgan fingerprint density at radius 2 is 1.76 bits per heavy atom. The molecule has 5 nitrogen and oxygen atoms in total. The van der Waals surface area contributed by atoms with Crippen molar-refractivity contribution in [1.82, 2.24) is 15.2 Å². The van der Waals surface area contributed by atoms with Gasteiger partial charge in [0.1, 0.15) is 11.6 Å². The molecule has 106 valence electrons. The number of nitrogens with zero attached hydrogens (tertiary/aromatic N) is 1. The Hall–Kier alpha value is -2.96. The van der Waals surface area contributed by atoms with E-state index in [1.165, 1.54) is 24.4 Å². The van der Waals surface area contributed by atoms with Gasteiger partial charge in [-0.1, -0.05) is 0 Å². The molecule has 0 aliphatic heterocycles. The molecule has 0 radical (unpaired) electrons. The van der Waals surface area contributed by atoms with Gasteiger partial charge >= 0.3 is 0 Å². The highest BCUT2D eigenvalue weighted by Gasteiger charge is 2.16. The zero-order valence-corrected chi connectivity index (χ0v) is 10.7. The number of nitrogens with two attached hydrogens (primary N) is 1. The lowest BCUT2D eigenvalue weighted by Gasteiger charge is -2.05. The summed E-state index contributed by atoms with van der Waals surface area (Å²) in [6.45, 7) is 0. The highest BCUT2D eigenvalue weighted by Crippen LogP contribution is 2.34. The van der Waals surface area contributed by atoms with Gasteiger partial charge in [-0.25, -0.2) is 8.78 Å². The van der Waals surface area contributed by atoms with Crippen LogP contribution in [0.15, 0.2) is 41.3 Å². The summed E-state index contributed by atoms with van der Waals surface area (Å²) < 4.78 is 26.8. The molecule has 0 unspecified atom stereocenters. The minimum absolute atomic E-state index is 0.112. The van der Waals surface area contributed by atoms with Crippen LogP contribution in [0.5, 0.6) is 0 Å². The van der Waals surface area contributed by atoms with Gasteiger partial charge in [-0.15, -0.1) is 0 Å². The van der Waals surface area contributed by atoms with Crippen LogP contribution in [0.3, 0.4) is 0 Å². The van der Waals surface area contributed by atoms with Crippen LogP contribution >= 0.6 is 0 Å². The average Bonchev–Trinajstić information content (AvgIpc) is 2.80. The number of nitrogen functional groups attached to an aromatic ring is 1. The lowest BCUT2D eigenvalue weighted by Crippen LogP contribution is -2.01. The van der Waals surface area contributed by atoms with Gasteiger partial charge in [-0.3, -0.25) is 9.89 Å². The van der Waals surface area contributed by atoms with Crippen molar-refractivity contribution in [1.29, 1.82) is 0 Å². The van der Waals surface area contributed by atoms with E-state index in [9.17, 15) is 13.6 Å². The molecule has 0 fully saturated rings. The van der Waals surface area contributed by atoms with E-state index in [-0.39, 0.29) is 16.9 Å². The maximum Gasteiger partial charge on any atom is 0.247 e. The van der Waals surface area contributed by atoms with Gasteiger partial charge in [0, 0.05) is 23.9 Å². The van der Waals surface area contributed by atoms with Gasteiger partial charge < -0.3 is 10.7 Å². The Kier molecular flexibility index (Phi) is 3.02. The molecule has 0 saturated carbocycles. The second-order valence-corrected chi connectivity index (χ2v) is 4.46. The van der Waals surface area contributed by atoms with Crippen LogP contribution in [0.2, 0.25) is 0 Å². The van der Waals surface area contributed by atoms with Crippen molar-refractivity contribution >= 4 is 5.82 Å². The predicted molar refractivity (Wildman–Crippen MR) is 74.4 cm³/mol. The van der Waals surface area contributed by atoms with Crippen molar-refractivity contribution < 1.29 is 8.78 Å². The summed E-state index contributed by atoms with van der Waals surface area (Å²) >= 11 is 0. The monoisotopic (exact) mass is 288 g/mol. The number of hydrogen-bond donors (Lipinski definition) is 3. The standard InChI is InChI=1S/C14H10F2N4O/c15-9-3-8(4-10(16)5-9)12-13(19-20-14(12)17)7-1-2-11(21)18-6-7/h1-6H,(H,18,21)(H3,17,19,20). The summed E-state index contributed by atoms with van der Waals surface area (Å²) in [6, 6.07) is 6.01. The molecule has 1 aromatic carbocycles. The summed E-state index contributed by atoms with van der Waals surface area (Å²) in [4.78, 5) is 13.6. The van der Waals surface area contributed by atoms with Gasteiger partial charge in [0.15, 0.2) is 5.82 Å². The third kappa shape index (κ3) is 2.40. The minimum atomic E-state index is -0.710. The second kappa shape index (κ2) is 4.86. The molecule has 0 amide bonds. The summed E-state index contributed by atoms with van der Waals surface area (Å²) in [5.41, 5.74) is 7.22. The molecule has 0 aliphatic rings. The second-order valence-electron chi connectivity index (χ2n) is 4.46. The molecular formula is C14H10F2N4O.